The maximum Gasteiger partial charge on any atom is 0.250 e. The van der Waals surface area contributed by atoms with Crippen LogP contribution in [0.4, 0.5) is 0 Å². The van der Waals surface area contributed by atoms with Crippen LogP contribution in [0.3, 0.4) is 0 Å². The molecular weight excluding hydrogens is 370 g/mol. The molecule has 1 aliphatic rings. The molecule has 0 saturated heterocycles. The molecule has 1 N–H and O–H groups in total. The Morgan fingerprint density at radius 1 is 1.53 bits per heavy atom. The van der Waals surface area contributed by atoms with Crippen molar-refractivity contribution in [2.24, 2.45) is 11.8 Å². The molecule has 1 aliphatic carbocycles. The smallest absolute Gasteiger partial charge is 0.210 e. The molecule has 0 spiro atoms. The largest absolute Gasteiger partial charge is 0.250 e. The summed E-state index contributed by atoms with van der Waals surface area (Å²) in [5.41, 5.74) is 0. The Balaban J connectivity index is 1.98. The van der Waals surface area contributed by atoms with Crippen molar-refractivity contribution in [3.8, 4) is 0 Å². The van der Waals surface area contributed by atoms with Crippen LogP contribution in [0.1, 0.15) is 32.6 Å². The molecular formula is C12H17BrClNO2S2. The molecule has 0 amide bonds. The summed E-state index contributed by atoms with van der Waals surface area (Å²) in [6, 6.07) is 1.49. The van der Waals surface area contributed by atoms with Crippen LogP contribution in [0.2, 0.25) is 5.02 Å². The van der Waals surface area contributed by atoms with Crippen molar-refractivity contribution < 1.29 is 8.42 Å². The van der Waals surface area contributed by atoms with Crippen molar-refractivity contribution in [1.29, 1.82) is 0 Å². The van der Waals surface area contributed by atoms with Gasteiger partial charge in [-0.1, -0.05) is 31.4 Å². The molecule has 1 aromatic heterocycles. The van der Waals surface area contributed by atoms with Crippen LogP contribution < -0.4 is 4.72 Å². The van der Waals surface area contributed by atoms with Gasteiger partial charge in [0.25, 0.3) is 0 Å². The Labute approximate surface area is 131 Å². The third-order valence-corrected chi connectivity index (χ3v) is 7.87. The van der Waals surface area contributed by atoms with Crippen LogP contribution in [0.25, 0.3) is 0 Å². The fourth-order valence-corrected chi connectivity index (χ4v) is 6.06. The fraction of sp³-hybridized carbons (Fsp3) is 0.667. The number of thiophene rings is 1. The highest BCUT2D eigenvalue weighted by atomic mass is 79.9. The van der Waals surface area contributed by atoms with E-state index in [1.165, 1.54) is 18.9 Å². The second-order valence-electron chi connectivity index (χ2n) is 5.18. The van der Waals surface area contributed by atoms with Gasteiger partial charge in [0.1, 0.15) is 4.21 Å². The molecule has 1 saturated carbocycles. The minimum Gasteiger partial charge on any atom is -0.210 e. The van der Waals surface area contributed by atoms with Crippen molar-refractivity contribution in [3.05, 3.63) is 14.9 Å². The zero-order valence-corrected chi connectivity index (χ0v) is 14.6. The lowest BCUT2D eigenvalue weighted by molar-refractivity contribution is 0.283. The van der Waals surface area contributed by atoms with Gasteiger partial charge in [-0.2, -0.15) is 0 Å². The normalized spacial score (nSPS) is 24.6. The molecule has 0 aromatic carbocycles. The van der Waals surface area contributed by atoms with Crippen molar-refractivity contribution in [3.63, 3.8) is 0 Å². The second-order valence-corrected chi connectivity index (χ2v) is 9.95. The van der Waals surface area contributed by atoms with Gasteiger partial charge in [0.2, 0.25) is 10.0 Å². The number of rotatable bonds is 4. The predicted octanol–water partition coefficient (Wildman–Crippen LogP) is 4.27. The quantitative estimate of drug-likeness (QED) is 0.840. The second kappa shape index (κ2) is 6.43. The highest BCUT2D eigenvalue weighted by Gasteiger charge is 2.23. The van der Waals surface area contributed by atoms with Gasteiger partial charge in [0, 0.05) is 6.54 Å². The summed E-state index contributed by atoms with van der Waals surface area (Å²) in [4.78, 5) is 0. The topological polar surface area (TPSA) is 46.2 Å². The molecule has 2 atom stereocenters. The lowest BCUT2D eigenvalue weighted by Crippen LogP contribution is -2.31. The van der Waals surface area contributed by atoms with Crippen LogP contribution in [0, 0.1) is 11.8 Å². The Morgan fingerprint density at radius 3 is 2.84 bits per heavy atom. The average molecular weight is 387 g/mol. The van der Waals surface area contributed by atoms with E-state index in [1.54, 1.807) is 0 Å². The Morgan fingerprint density at radius 2 is 2.26 bits per heavy atom. The average Bonchev–Trinajstić information content (AvgIpc) is 2.68. The summed E-state index contributed by atoms with van der Waals surface area (Å²) in [5.74, 6) is 1.16. The Hall–Kier alpha value is 0.380. The number of hydrogen-bond acceptors (Lipinski definition) is 3. The van der Waals surface area contributed by atoms with E-state index in [0.29, 0.717) is 27.2 Å². The molecule has 1 heterocycles. The maximum atomic E-state index is 12.1. The Kier molecular flexibility index (Phi) is 5.34. The SMILES string of the molecule is CC1CCCC(CNS(=O)(=O)c2cc(Cl)c(Br)s2)C1. The van der Waals surface area contributed by atoms with E-state index in [9.17, 15) is 8.42 Å². The first-order valence-corrected chi connectivity index (χ1v) is 9.80. The van der Waals surface area contributed by atoms with Gasteiger partial charge < -0.3 is 0 Å². The summed E-state index contributed by atoms with van der Waals surface area (Å²) in [5, 5.41) is 0.441. The third kappa shape index (κ3) is 4.17. The van der Waals surface area contributed by atoms with E-state index in [2.05, 4.69) is 27.6 Å². The number of hydrogen-bond donors (Lipinski definition) is 1. The lowest BCUT2D eigenvalue weighted by Gasteiger charge is -2.26. The molecule has 0 bridgehead atoms. The molecule has 19 heavy (non-hydrogen) atoms. The summed E-state index contributed by atoms with van der Waals surface area (Å²) < 4.78 is 27.9. The fourth-order valence-electron chi connectivity index (χ4n) is 2.50. The van der Waals surface area contributed by atoms with E-state index >= 15 is 0 Å². The summed E-state index contributed by atoms with van der Waals surface area (Å²) in [6.45, 7) is 2.76. The van der Waals surface area contributed by atoms with Crippen LogP contribution >= 0.6 is 38.9 Å². The van der Waals surface area contributed by atoms with E-state index in [4.69, 9.17) is 11.6 Å². The van der Waals surface area contributed by atoms with E-state index < -0.39 is 10.0 Å². The third-order valence-electron chi connectivity index (χ3n) is 3.49. The minimum absolute atomic E-state index is 0.272. The molecule has 3 nitrogen and oxygen atoms in total. The number of nitrogens with one attached hydrogen (secondary N) is 1. The summed E-state index contributed by atoms with van der Waals surface area (Å²) >= 11 is 10.3. The van der Waals surface area contributed by atoms with Crippen molar-refractivity contribution in [2.45, 2.75) is 36.8 Å². The maximum absolute atomic E-state index is 12.1. The van der Waals surface area contributed by atoms with Gasteiger partial charge in [-0.25, -0.2) is 13.1 Å². The molecule has 7 heteroatoms. The first-order valence-electron chi connectivity index (χ1n) is 6.33. The van der Waals surface area contributed by atoms with Gasteiger partial charge >= 0.3 is 0 Å². The highest BCUT2D eigenvalue weighted by Crippen LogP contribution is 2.34. The number of sulfonamides is 1. The monoisotopic (exact) mass is 385 g/mol. The zero-order valence-electron chi connectivity index (χ0n) is 10.7. The molecule has 2 rings (SSSR count). The van der Waals surface area contributed by atoms with E-state index in [0.717, 1.165) is 24.2 Å². The Bertz CT molecular complexity index is 524. The van der Waals surface area contributed by atoms with Crippen LogP contribution in [-0.2, 0) is 10.0 Å². The number of halogens is 2. The van der Waals surface area contributed by atoms with Crippen LogP contribution in [0.15, 0.2) is 14.1 Å². The van der Waals surface area contributed by atoms with Crippen LogP contribution in [0.5, 0.6) is 0 Å². The van der Waals surface area contributed by atoms with Gasteiger partial charge in [-0.05, 0) is 46.7 Å². The van der Waals surface area contributed by atoms with Crippen molar-refractivity contribution in [2.75, 3.05) is 6.54 Å². The first-order chi connectivity index (χ1) is 8.88. The molecule has 108 valence electrons. The predicted molar refractivity (Wildman–Crippen MR) is 83.3 cm³/mol. The zero-order chi connectivity index (χ0) is 14.0. The standard InChI is InChI=1S/C12H17BrClNO2S2/c1-8-3-2-4-9(5-8)7-15-19(16,17)11-6-10(14)12(13)18-11/h6,8-9,15H,2-5,7H2,1H3. The molecule has 2 unspecified atom stereocenters. The van der Waals surface area contributed by atoms with Gasteiger partial charge in [-0.15, -0.1) is 11.3 Å². The summed E-state index contributed by atoms with van der Waals surface area (Å²) in [6.07, 6.45) is 4.68. The molecule has 1 aromatic rings. The molecule has 0 radical (unpaired) electrons. The van der Waals surface area contributed by atoms with E-state index in [1.807, 2.05) is 0 Å². The van der Waals surface area contributed by atoms with E-state index in [-0.39, 0.29) is 4.21 Å². The van der Waals surface area contributed by atoms with Gasteiger partial charge in [0.15, 0.2) is 0 Å². The minimum atomic E-state index is -3.42. The highest BCUT2D eigenvalue weighted by molar-refractivity contribution is 9.11. The first kappa shape index (κ1) is 15.8. The molecule has 1 fully saturated rings. The molecule has 0 aliphatic heterocycles. The lowest BCUT2D eigenvalue weighted by atomic mass is 9.83. The van der Waals surface area contributed by atoms with Gasteiger partial charge in [-0.3, -0.25) is 0 Å². The van der Waals surface area contributed by atoms with Crippen molar-refractivity contribution >= 4 is 48.9 Å². The van der Waals surface area contributed by atoms with Gasteiger partial charge in [0.05, 0.1) is 8.81 Å². The van der Waals surface area contributed by atoms with Crippen LogP contribution in [-0.4, -0.2) is 15.0 Å². The summed E-state index contributed by atoms with van der Waals surface area (Å²) in [7, 11) is -3.42. The van der Waals surface area contributed by atoms with Crippen molar-refractivity contribution in [1.82, 2.24) is 4.72 Å².